The van der Waals surface area contributed by atoms with Crippen LogP contribution < -0.4 is 10.5 Å². The van der Waals surface area contributed by atoms with E-state index in [2.05, 4.69) is 15.9 Å². The van der Waals surface area contributed by atoms with E-state index in [4.69, 9.17) is 15.2 Å². The van der Waals surface area contributed by atoms with Crippen molar-refractivity contribution in [1.82, 2.24) is 0 Å². The lowest BCUT2D eigenvalue weighted by atomic mass is 9.98. The van der Waals surface area contributed by atoms with Gasteiger partial charge < -0.3 is 15.2 Å². The van der Waals surface area contributed by atoms with E-state index in [0.717, 1.165) is 12.8 Å². The smallest absolute Gasteiger partial charge is 0.156 e. The molecule has 1 aromatic rings. The van der Waals surface area contributed by atoms with Gasteiger partial charge in [-0.05, 0) is 47.7 Å². The molecule has 1 saturated carbocycles. The molecule has 0 bridgehead atoms. The van der Waals surface area contributed by atoms with Crippen LogP contribution in [0.5, 0.6) is 5.75 Å². The van der Waals surface area contributed by atoms with E-state index in [0.29, 0.717) is 22.5 Å². The molecule has 3 nitrogen and oxygen atoms in total. The Morgan fingerprint density at radius 2 is 2.10 bits per heavy atom. The molecule has 1 atom stereocenters. The van der Waals surface area contributed by atoms with Crippen molar-refractivity contribution in [3.63, 3.8) is 0 Å². The maximum absolute atomic E-state index is 13.2. The first kappa shape index (κ1) is 14.1. The number of rotatable bonds is 3. The molecule has 1 spiro atoms. The van der Waals surface area contributed by atoms with Gasteiger partial charge in [0.05, 0.1) is 21.9 Å². The molecule has 0 amide bonds. The summed E-state index contributed by atoms with van der Waals surface area (Å²) in [6.45, 7) is 0.468. The Balaban J connectivity index is 1.61. The number of hydrogen-bond donors (Lipinski definition) is 1. The number of nitrogens with two attached hydrogens (primary N) is 1. The third-order valence-corrected chi connectivity index (χ3v) is 4.89. The second kappa shape index (κ2) is 5.53. The van der Waals surface area contributed by atoms with Gasteiger partial charge in [-0.3, -0.25) is 0 Å². The van der Waals surface area contributed by atoms with Crippen LogP contribution in [0.2, 0.25) is 0 Å². The zero-order valence-electron chi connectivity index (χ0n) is 11.3. The van der Waals surface area contributed by atoms with Crippen LogP contribution in [0.3, 0.4) is 0 Å². The molecular weight excluding hydrogens is 325 g/mol. The highest BCUT2D eigenvalue weighted by Gasteiger charge is 2.42. The molecule has 2 fully saturated rings. The topological polar surface area (TPSA) is 44.5 Å². The quantitative estimate of drug-likeness (QED) is 0.842. The Kier molecular flexibility index (Phi) is 3.91. The Labute approximate surface area is 126 Å². The van der Waals surface area contributed by atoms with Crippen LogP contribution in [0.4, 0.5) is 10.1 Å². The molecule has 1 aliphatic heterocycles. The monoisotopic (exact) mass is 343 g/mol. The van der Waals surface area contributed by atoms with Crippen molar-refractivity contribution >= 4 is 21.6 Å². The number of halogens is 2. The third kappa shape index (κ3) is 2.79. The molecule has 3 rings (SSSR count). The van der Waals surface area contributed by atoms with Crippen molar-refractivity contribution in [3.05, 3.63) is 22.4 Å². The van der Waals surface area contributed by atoms with Crippen LogP contribution >= 0.6 is 15.9 Å². The first-order valence-electron chi connectivity index (χ1n) is 7.13. The highest BCUT2D eigenvalue weighted by Crippen LogP contribution is 2.43. The molecule has 1 unspecified atom stereocenters. The van der Waals surface area contributed by atoms with Gasteiger partial charge in [-0.25, -0.2) is 4.39 Å². The van der Waals surface area contributed by atoms with Crippen molar-refractivity contribution in [2.75, 3.05) is 12.3 Å². The van der Waals surface area contributed by atoms with Gasteiger partial charge in [0.15, 0.2) is 5.75 Å². The van der Waals surface area contributed by atoms with E-state index < -0.39 is 0 Å². The first-order valence-corrected chi connectivity index (χ1v) is 7.92. The van der Waals surface area contributed by atoms with Crippen LogP contribution in [0.15, 0.2) is 16.6 Å². The molecular formula is C15H19BrFNO2. The Hall–Kier alpha value is -0.810. The number of ether oxygens (including phenoxy) is 2. The third-order valence-electron chi connectivity index (χ3n) is 4.30. The maximum Gasteiger partial charge on any atom is 0.156 e. The minimum absolute atomic E-state index is 0.111. The minimum Gasteiger partial charge on any atom is -0.488 e. The van der Waals surface area contributed by atoms with E-state index in [9.17, 15) is 4.39 Å². The lowest BCUT2D eigenvalue weighted by Crippen LogP contribution is -2.27. The van der Waals surface area contributed by atoms with Gasteiger partial charge in [-0.15, -0.1) is 0 Å². The van der Waals surface area contributed by atoms with Gasteiger partial charge in [0.1, 0.15) is 12.4 Å². The van der Waals surface area contributed by atoms with Crippen molar-refractivity contribution in [2.45, 2.75) is 50.2 Å². The molecule has 5 heteroatoms. The lowest BCUT2D eigenvalue weighted by molar-refractivity contribution is -0.0508. The van der Waals surface area contributed by atoms with E-state index in [1.165, 1.54) is 37.8 Å². The van der Waals surface area contributed by atoms with E-state index in [-0.39, 0.29) is 17.5 Å². The molecule has 20 heavy (non-hydrogen) atoms. The molecule has 2 aliphatic rings. The number of hydrogen-bond acceptors (Lipinski definition) is 3. The second-order valence-electron chi connectivity index (χ2n) is 5.79. The second-order valence-corrected chi connectivity index (χ2v) is 6.64. The van der Waals surface area contributed by atoms with Crippen LogP contribution in [0, 0.1) is 5.82 Å². The van der Waals surface area contributed by atoms with Gasteiger partial charge in [-0.2, -0.15) is 0 Å². The SMILES string of the molecule is Nc1cc(F)cc(Br)c1OCC1CCC2(CCCC2)O1. The average Bonchev–Trinajstić information content (AvgIpc) is 2.99. The van der Waals surface area contributed by atoms with E-state index in [1.807, 2.05) is 0 Å². The Morgan fingerprint density at radius 3 is 2.80 bits per heavy atom. The summed E-state index contributed by atoms with van der Waals surface area (Å²) >= 11 is 3.28. The number of benzene rings is 1. The molecule has 1 aromatic carbocycles. The van der Waals surface area contributed by atoms with E-state index >= 15 is 0 Å². The molecule has 2 N–H and O–H groups in total. The highest BCUT2D eigenvalue weighted by atomic mass is 79.9. The standard InChI is InChI=1S/C15H19BrFNO2/c16-12-7-10(17)8-13(18)14(12)19-9-11-3-6-15(20-11)4-1-2-5-15/h7-8,11H,1-6,9,18H2. The number of nitrogen functional groups attached to an aromatic ring is 1. The summed E-state index contributed by atoms with van der Waals surface area (Å²) in [5.41, 5.74) is 6.21. The van der Waals surface area contributed by atoms with Crippen molar-refractivity contribution in [1.29, 1.82) is 0 Å². The fraction of sp³-hybridized carbons (Fsp3) is 0.600. The van der Waals surface area contributed by atoms with Crippen LogP contribution in [0.25, 0.3) is 0 Å². The van der Waals surface area contributed by atoms with Gasteiger partial charge in [-0.1, -0.05) is 12.8 Å². The summed E-state index contributed by atoms with van der Waals surface area (Å²) in [6, 6.07) is 2.63. The number of anilines is 1. The van der Waals surface area contributed by atoms with Crippen LogP contribution in [0.1, 0.15) is 38.5 Å². The van der Waals surface area contributed by atoms with E-state index in [1.54, 1.807) is 0 Å². The van der Waals surface area contributed by atoms with Crippen LogP contribution in [-0.2, 0) is 4.74 Å². The first-order chi connectivity index (χ1) is 9.58. The molecule has 0 radical (unpaired) electrons. The summed E-state index contributed by atoms with van der Waals surface area (Å²) < 4.78 is 25.6. The molecule has 1 aliphatic carbocycles. The van der Waals surface area contributed by atoms with Gasteiger partial charge in [0.2, 0.25) is 0 Å². The van der Waals surface area contributed by atoms with Gasteiger partial charge >= 0.3 is 0 Å². The highest BCUT2D eigenvalue weighted by molar-refractivity contribution is 9.10. The molecule has 1 heterocycles. The largest absolute Gasteiger partial charge is 0.488 e. The summed E-state index contributed by atoms with van der Waals surface area (Å²) in [7, 11) is 0. The van der Waals surface area contributed by atoms with Crippen molar-refractivity contribution in [2.24, 2.45) is 0 Å². The molecule has 110 valence electrons. The maximum atomic E-state index is 13.2. The summed E-state index contributed by atoms with van der Waals surface area (Å²) in [6.07, 6.45) is 7.15. The Bertz CT molecular complexity index is 480. The van der Waals surface area contributed by atoms with Gasteiger partial charge in [0.25, 0.3) is 0 Å². The summed E-state index contributed by atoms with van der Waals surface area (Å²) in [5, 5.41) is 0. The normalized spacial score (nSPS) is 24.4. The zero-order valence-corrected chi connectivity index (χ0v) is 12.9. The summed E-state index contributed by atoms with van der Waals surface area (Å²) in [5.74, 6) is 0.131. The lowest BCUT2D eigenvalue weighted by Gasteiger charge is -2.24. The summed E-state index contributed by atoms with van der Waals surface area (Å²) in [4.78, 5) is 0. The molecule has 1 saturated heterocycles. The van der Waals surface area contributed by atoms with Crippen molar-refractivity contribution < 1.29 is 13.9 Å². The van der Waals surface area contributed by atoms with Gasteiger partial charge in [0, 0.05) is 6.07 Å². The zero-order chi connectivity index (χ0) is 14.2. The van der Waals surface area contributed by atoms with Crippen molar-refractivity contribution in [3.8, 4) is 5.75 Å². The fourth-order valence-electron chi connectivity index (χ4n) is 3.31. The predicted octanol–water partition coefficient (Wildman–Crippen LogP) is 4.04. The molecule has 0 aromatic heterocycles. The predicted molar refractivity (Wildman–Crippen MR) is 79.3 cm³/mol. The fourth-order valence-corrected chi connectivity index (χ4v) is 3.87. The van der Waals surface area contributed by atoms with Crippen LogP contribution in [-0.4, -0.2) is 18.3 Å². The Morgan fingerprint density at radius 1 is 1.35 bits per heavy atom. The minimum atomic E-state index is -0.372. The average molecular weight is 344 g/mol.